The van der Waals surface area contributed by atoms with Gasteiger partial charge in [-0.05, 0) is 53.9 Å². The number of methoxy groups -OCH3 is 1. The van der Waals surface area contributed by atoms with Crippen LogP contribution in [-0.2, 0) is 0 Å². The number of aryl methyl sites for hydroxylation is 1. The second-order valence-electron chi connectivity index (χ2n) is 5.73. The van der Waals surface area contributed by atoms with Gasteiger partial charge in [0, 0.05) is 12.4 Å². The fourth-order valence-electron chi connectivity index (χ4n) is 2.50. The number of hydrogen-bond acceptors (Lipinski definition) is 4. The van der Waals surface area contributed by atoms with E-state index in [1.165, 1.54) is 0 Å². The fraction of sp³-hybridized carbons (Fsp3) is 0.0909. The Balaban J connectivity index is 1.80. The second-order valence-corrected chi connectivity index (χ2v) is 5.73. The van der Waals surface area contributed by atoms with Gasteiger partial charge in [-0.1, -0.05) is 36.4 Å². The topological polar surface area (TPSA) is 48.4 Å². The van der Waals surface area contributed by atoms with Crippen LogP contribution >= 0.6 is 0 Å². The largest absolute Gasteiger partial charge is 0.493 e. The molecule has 0 spiro atoms. The third-order valence-electron chi connectivity index (χ3n) is 3.93. The van der Waals surface area contributed by atoms with Gasteiger partial charge in [0.1, 0.15) is 0 Å². The molecule has 0 unspecified atom stereocenters. The van der Waals surface area contributed by atoms with Crippen molar-refractivity contribution in [3.05, 3.63) is 89.2 Å². The van der Waals surface area contributed by atoms with Gasteiger partial charge in [0.05, 0.1) is 12.7 Å². The first-order chi connectivity index (χ1) is 12.7. The minimum atomic E-state index is -0.401. The van der Waals surface area contributed by atoms with E-state index in [9.17, 15) is 4.79 Å². The van der Waals surface area contributed by atoms with Crippen LogP contribution in [0.2, 0.25) is 0 Å². The Morgan fingerprint density at radius 3 is 2.38 bits per heavy atom. The molecule has 26 heavy (non-hydrogen) atoms. The standard InChI is InChI=1S/C22H19NO3/c1-16-5-3-4-6-19(16)22(24)26-20-10-9-18(15-21(20)25-2)8-7-17-11-13-23-14-12-17/h3-15H,1-2H3/b8-7+. The van der Waals surface area contributed by atoms with E-state index in [4.69, 9.17) is 9.47 Å². The van der Waals surface area contributed by atoms with E-state index in [1.54, 1.807) is 31.6 Å². The van der Waals surface area contributed by atoms with Crippen molar-refractivity contribution < 1.29 is 14.3 Å². The van der Waals surface area contributed by atoms with E-state index < -0.39 is 5.97 Å². The molecule has 3 rings (SSSR count). The van der Waals surface area contributed by atoms with Crippen LogP contribution < -0.4 is 9.47 Å². The number of carbonyl (C=O) groups excluding carboxylic acids is 1. The zero-order valence-corrected chi connectivity index (χ0v) is 14.7. The van der Waals surface area contributed by atoms with Crippen molar-refractivity contribution in [2.24, 2.45) is 0 Å². The smallest absolute Gasteiger partial charge is 0.343 e. The first-order valence-corrected chi connectivity index (χ1v) is 8.21. The molecule has 0 saturated carbocycles. The molecule has 0 aliphatic rings. The highest BCUT2D eigenvalue weighted by atomic mass is 16.6. The Kier molecular flexibility index (Phi) is 5.44. The van der Waals surface area contributed by atoms with Gasteiger partial charge in [-0.2, -0.15) is 0 Å². The zero-order chi connectivity index (χ0) is 18.4. The zero-order valence-electron chi connectivity index (χ0n) is 14.7. The summed E-state index contributed by atoms with van der Waals surface area (Å²) in [6.45, 7) is 1.88. The minimum absolute atomic E-state index is 0.391. The summed E-state index contributed by atoms with van der Waals surface area (Å²) in [5.41, 5.74) is 3.40. The van der Waals surface area contributed by atoms with Crippen LogP contribution in [0.3, 0.4) is 0 Å². The van der Waals surface area contributed by atoms with Crippen molar-refractivity contribution in [2.45, 2.75) is 6.92 Å². The maximum absolute atomic E-state index is 12.4. The molecular formula is C22H19NO3. The number of carbonyl (C=O) groups is 1. The average Bonchev–Trinajstić information content (AvgIpc) is 2.68. The van der Waals surface area contributed by atoms with Crippen LogP contribution in [0.4, 0.5) is 0 Å². The van der Waals surface area contributed by atoms with Gasteiger partial charge in [0.25, 0.3) is 0 Å². The summed E-state index contributed by atoms with van der Waals surface area (Å²) in [7, 11) is 1.55. The summed E-state index contributed by atoms with van der Waals surface area (Å²) >= 11 is 0. The Labute approximate surface area is 152 Å². The molecule has 0 aliphatic heterocycles. The molecule has 0 amide bonds. The van der Waals surface area contributed by atoms with Crippen molar-refractivity contribution in [3.8, 4) is 11.5 Å². The van der Waals surface area contributed by atoms with Crippen LogP contribution in [0.5, 0.6) is 11.5 Å². The molecule has 0 radical (unpaired) electrons. The van der Waals surface area contributed by atoms with Crippen LogP contribution in [0, 0.1) is 6.92 Å². The Bertz CT molecular complexity index is 933. The Morgan fingerprint density at radius 2 is 1.65 bits per heavy atom. The molecular weight excluding hydrogens is 326 g/mol. The molecule has 2 aromatic carbocycles. The summed E-state index contributed by atoms with van der Waals surface area (Å²) < 4.78 is 10.9. The maximum Gasteiger partial charge on any atom is 0.343 e. The van der Waals surface area contributed by atoms with Crippen LogP contribution in [-0.4, -0.2) is 18.1 Å². The summed E-state index contributed by atoms with van der Waals surface area (Å²) in [6.07, 6.45) is 7.43. The molecule has 130 valence electrons. The van der Waals surface area contributed by atoms with Crippen molar-refractivity contribution in [2.75, 3.05) is 7.11 Å². The molecule has 0 N–H and O–H groups in total. The lowest BCUT2D eigenvalue weighted by Crippen LogP contribution is -2.10. The number of rotatable bonds is 5. The van der Waals surface area contributed by atoms with Crippen molar-refractivity contribution in [1.82, 2.24) is 4.98 Å². The lowest BCUT2D eigenvalue weighted by Gasteiger charge is -2.11. The number of hydrogen-bond donors (Lipinski definition) is 0. The van der Waals surface area contributed by atoms with Gasteiger partial charge < -0.3 is 9.47 Å². The number of benzene rings is 2. The normalized spacial score (nSPS) is 10.7. The number of pyridine rings is 1. The van der Waals surface area contributed by atoms with Crippen LogP contribution in [0.15, 0.2) is 67.0 Å². The van der Waals surface area contributed by atoms with Gasteiger partial charge >= 0.3 is 5.97 Å². The third-order valence-corrected chi connectivity index (χ3v) is 3.93. The highest BCUT2D eigenvalue weighted by Gasteiger charge is 2.14. The molecule has 0 aliphatic carbocycles. The average molecular weight is 345 g/mol. The summed E-state index contributed by atoms with van der Waals surface area (Å²) in [6, 6.07) is 16.6. The molecule has 4 nitrogen and oxygen atoms in total. The lowest BCUT2D eigenvalue weighted by molar-refractivity contribution is 0.0729. The molecule has 3 aromatic rings. The molecule has 1 aromatic heterocycles. The van der Waals surface area contributed by atoms with E-state index in [-0.39, 0.29) is 0 Å². The van der Waals surface area contributed by atoms with Crippen molar-refractivity contribution in [3.63, 3.8) is 0 Å². The van der Waals surface area contributed by atoms with Gasteiger partial charge in [-0.15, -0.1) is 0 Å². The number of esters is 1. The third kappa shape index (κ3) is 4.16. The van der Waals surface area contributed by atoms with E-state index in [2.05, 4.69) is 4.98 Å². The van der Waals surface area contributed by atoms with Crippen LogP contribution in [0.25, 0.3) is 12.2 Å². The monoisotopic (exact) mass is 345 g/mol. The molecule has 1 heterocycles. The molecule has 0 saturated heterocycles. The SMILES string of the molecule is COc1cc(/C=C/c2ccncc2)ccc1OC(=O)c1ccccc1C. The van der Waals surface area contributed by atoms with Crippen molar-refractivity contribution >= 4 is 18.1 Å². The Hall–Kier alpha value is -3.40. The number of aromatic nitrogens is 1. The van der Waals surface area contributed by atoms with Gasteiger partial charge in [0.15, 0.2) is 11.5 Å². The van der Waals surface area contributed by atoms with E-state index >= 15 is 0 Å². The van der Waals surface area contributed by atoms with Crippen molar-refractivity contribution in [1.29, 1.82) is 0 Å². The first-order valence-electron chi connectivity index (χ1n) is 8.21. The van der Waals surface area contributed by atoms with E-state index in [0.717, 1.165) is 16.7 Å². The Morgan fingerprint density at radius 1 is 0.923 bits per heavy atom. The highest BCUT2D eigenvalue weighted by molar-refractivity contribution is 5.92. The maximum atomic E-state index is 12.4. The molecule has 0 fully saturated rings. The van der Waals surface area contributed by atoms with Gasteiger partial charge in [0.2, 0.25) is 0 Å². The molecule has 4 heteroatoms. The predicted molar refractivity (Wildman–Crippen MR) is 102 cm³/mol. The first kappa shape index (κ1) is 17.4. The summed E-state index contributed by atoms with van der Waals surface area (Å²) in [4.78, 5) is 16.4. The number of ether oxygens (including phenoxy) is 2. The quantitative estimate of drug-likeness (QED) is 0.493. The lowest BCUT2D eigenvalue weighted by atomic mass is 10.1. The predicted octanol–water partition coefficient (Wildman–Crippen LogP) is 4.79. The van der Waals surface area contributed by atoms with E-state index in [1.807, 2.05) is 61.5 Å². The van der Waals surface area contributed by atoms with Crippen LogP contribution in [0.1, 0.15) is 27.0 Å². The van der Waals surface area contributed by atoms with E-state index in [0.29, 0.717) is 17.1 Å². The van der Waals surface area contributed by atoms with Gasteiger partial charge in [-0.3, -0.25) is 4.98 Å². The molecule has 0 atom stereocenters. The number of nitrogens with zero attached hydrogens (tertiary/aromatic N) is 1. The second kappa shape index (κ2) is 8.12. The van der Waals surface area contributed by atoms with Gasteiger partial charge in [-0.25, -0.2) is 4.79 Å². The summed E-state index contributed by atoms with van der Waals surface area (Å²) in [5, 5.41) is 0. The molecule has 0 bridgehead atoms. The highest BCUT2D eigenvalue weighted by Crippen LogP contribution is 2.29. The summed E-state index contributed by atoms with van der Waals surface area (Å²) in [5.74, 6) is 0.493. The minimum Gasteiger partial charge on any atom is -0.493 e. The fourth-order valence-corrected chi connectivity index (χ4v) is 2.50.